The van der Waals surface area contributed by atoms with Crippen molar-refractivity contribution in [2.45, 2.75) is 18.8 Å². The topological polar surface area (TPSA) is 30.5 Å². The van der Waals surface area contributed by atoms with E-state index < -0.39 is 0 Å². The molecule has 1 aromatic rings. The second-order valence-corrected chi connectivity index (χ2v) is 4.53. The van der Waals surface area contributed by atoms with Gasteiger partial charge in [-0.25, -0.2) is 4.39 Å². The minimum Gasteiger partial charge on any atom is -0.486 e. The third kappa shape index (κ3) is 1.97. The first-order valence-electron chi connectivity index (χ1n) is 6.15. The first-order chi connectivity index (χ1) is 8.36. The Kier molecular flexibility index (Phi) is 2.89. The van der Waals surface area contributed by atoms with Crippen LogP contribution in [0, 0.1) is 5.82 Å². The maximum absolute atomic E-state index is 14.0. The highest BCUT2D eigenvalue weighted by atomic mass is 19.1. The summed E-state index contributed by atoms with van der Waals surface area (Å²) in [6.45, 7) is 2.88. The molecule has 1 saturated heterocycles. The molecule has 2 aliphatic heterocycles. The molecule has 1 unspecified atom stereocenters. The number of rotatable bonds is 1. The van der Waals surface area contributed by atoms with Crippen LogP contribution in [-0.4, -0.2) is 26.3 Å². The van der Waals surface area contributed by atoms with E-state index in [0.29, 0.717) is 30.3 Å². The van der Waals surface area contributed by atoms with Crippen LogP contribution in [0.4, 0.5) is 4.39 Å². The summed E-state index contributed by atoms with van der Waals surface area (Å²) in [6.07, 6.45) is 2.08. The molecule has 0 bridgehead atoms. The lowest BCUT2D eigenvalue weighted by atomic mass is 9.90. The van der Waals surface area contributed by atoms with Gasteiger partial charge >= 0.3 is 0 Å². The van der Waals surface area contributed by atoms with Crippen molar-refractivity contribution in [3.8, 4) is 11.5 Å². The third-order valence-corrected chi connectivity index (χ3v) is 3.40. The molecule has 1 atom stereocenters. The van der Waals surface area contributed by atoms with E-state index in [2.05, 4.69) is 5.32 Å². The van der Waals surface area contributed by atoms with Crippen molar-refractivity contribution in [3.05, 3.63) is 23.5 Å². The van der Waals surface area contributed by atoms with Crippen LogP contribution in [0.15, 0.2) is 12.1 Å². The number of piperidine rings is 1. The first-order valence-corrected chi connectivity index (χ1v) is 6.15. The largest absolute Gasteiger partial charge is 0.486 e. The number of hydrogen-bond donors (Lipinski definition) is 1. The Balaban J connectivity index is 2.01. The zero-order chi connectivity index (χ0) is 11.7. The molecule has 0 saturated carbocycles. The van der Waals surface area contributed by atoms with E-state index in [9.17, 15) is 4.39 Å². The minimum absolute atomic E-state index is 0.178. The van der Waals surface area contributed by atoms with E-state index in [4.69, 9.17) is 9.47 Å². The summed E-state index contributed by atoms with van der Waals surface area (Å²) in [5.41, 5.74) is 0.689. The molecule has 1 aromatic carbocycles. The molecule has 17 heavy (non-hydrogen) atoms. The number of fused-ring (bicyclic) bond motifs is 1. The molecule has 0 aromatic heterocycles. The SMILES string of the molecule is Fc1ccc2c(c1C1CCCNC1)OCCO2. The van der Waals surface area contributed by atoms with Gasteiger partial charge in [-0.1, -0.05) is 0 Å². The summed E-state index contributed by atoms with van der Waals surface area (Å²) in [5.74, 6) is 1.31. The Labute approximate surface area is 99.9 Å². The van der Waals surface area contributed by atoms with Crippen LogP contribution in [0.3, 0.4) is 0 Å². The van der Waals surface area contributed by atoms with Crippen molar-refractivity contribution in [2.75, 3.05) is 26.3 Å². The Morgan fingerprint density at radius 3 is 2.94 bits per heavy atom. The summed E-state index contributed by atoms with van der Waals surface area (Å²) >= 11 is 0. The molecule has 3 rings (SSSR count). The van der Waals surface area contributed by atoms with E-state index in [1.54, 1.807) is 6.07 Å². The Hall–Kier alpha value is -1.29. The normalized spacial score (nSPS) is 23.5. The van der Waals surface area contributed by atoms with Gasteiger partial charge in [0, 0.05) is 18.0 Å². The van der Waals surface area contributed by atoms with E-state index in [1.165, 1.54) is 6.07 Å². The van der Waals surface area contributed by atoms with Gasteiger partial charge in [-0.15, -0.1) is 0 Å². The van der Waals surface area contributed by atoms with E-state index in [0.717, 1.165) is 25.9 Å². The number of hydrogen-bond acceptors (Lipinski definition) is 3. The van der Waals surface area contributed by atoms with Crippen LogP contribution in [0.25, 0.3) is 0 Å². The summed E-state index contributed by atoms with van der Waals surface area (Å²) in [6, 6.07) is 3.14. The summed E-state index contributed by atoms with van der Waals surface area (Å²) in [5, 5.41) is 3.30. The van der Waals surface area contributed by atoms with Gasteiger partial charge in [-0.3, -0.25) is 0 Å². The molecule has 1 fully saturated rings. The highest BCUT2D eigenvalue weighted by Gasteiger charge is 2.27. The second-order valence-electron chi connectivity index (χ2n) is 4.53. The number of nitrogens with one attached hydrogen (secondary N) is 1. The average Bonchev–Trinajstić information content (AvgIpc) is 2.39. The highest BCUT2D eigenvalue weighted by Crippen LogP contribution is 2.41. The fraction of sp³-hybridized carbons (Fsp3) is 0.538. The van der Waals surface area contributed by atoms with Gasteiger partial charge in [0.1, 0.15) is 19.0 Å². The molecule has 2 aliphatic rings. The predicted octanol–water partition coefficient (Wildman–Crippen LogP) is 2.06. The molecule has 0 aliphatic carbocycles. The van der Waals surface area contributed by atoms with Crippen molar-refractivity contribution in [2.24, 2.45) is 0 Å². The molecule has 0 radical (unpaired) electrons. The number of halogens is 1. The lowest BCUT2D eigenvalue weighted by Crippen LogP contribution is -2.30. The maximum atomic E-state index is 14.0. The van der Waals surface area contributed by atoms with E-state index >= 15 is 0 Å². The summed E-state index contributed by atoms with van der Waals surface area (Å²) in [7, 11) is 0. The van der Waals surface area contributed by atoms with Crippen molar-refractivity contribution in [1.29, 1.82) is 0 Å². The Morgan fingerprint density at radius 1 is 1.24 bits per heavy atom. The molecular weight excluding hydrogens is 221 g/mol. The Morgan fingerprint density at radius 2 is 2.12 bits per heavy atom. The van der Waals surface area contributed by atoms with Crippen LogP contribution in [0.5, 0.6) is 11.5 Å². The highest BCUT2D eigenvalue weighted by molar-refractivity contribution is 5.50. The third-order valence-electron chi connectivity index (χ3n) is 3.40. The van der Waals surface area contributed by atoms with Gasteiger partial charge in [-0.2, -0.15) is 0 Å². The minimum atomic E-state index is -0.178. The van der Waals surface area contributed by atoms with E-state index in [1.807, 2.05) is 0 Å². The van der Waals surface area contributed by atoms with Crippen molar-refractivity contribution in [1.82, 2.24) is 5.32 Å². The zero-order valence-electron chi connectivity index (χ0n) is 9.67. The van der Waals surface area contributed by atoms with Crippen LogP contribution < -0.4 is 14.8 Å². The van der Waals surface area contributed by atoms with Crippen molar-refractivity contribution in [3.63, 3.8) is 0 Å². The van der Waals surface area contributed by atoms with Crippen molar-refractivity contribution < 1.29 is 13.9 Å². The first kappa shape index (κ1) is 10.8. The van der Waals surface area contributed by atoms with Crippen molar-refractivity contribution >= 4 is 0 Å². The molecule has 1 N–H and O–H groups in total. The van der Waals surface area contributed by atoms with Crippen LogP contribution in [-0.2, 0) is 0 Å². The lowest BCUT2D eigenvalue weighted by Gasteiger charge is -2.28. The molecule has 2 heterocycles. The molecule has 3 nitrogen and oxygen atoms in total. The van der Waals surface area contributed by atoms with Gasteiger partial charge in [-0.05, 0) is 31.5 Å². The van der Waals surface area contributed by atoms with Gasteiger partial charge in [0.15, 0.2) is 11.5 Å². The van der Waals surface area contributed by atoms with Crippen LogP contribution in [0.1, 0.15) is 24.3 Å². The standard InChI is InChI=1S/C13H16FNO2/c14-10-3-4-11-13(17-7-6-16-11)12(10)9-2-1-5-15-8-9/h3-4,9,15H,1-2,5-8H2. The van der Waals surface area contributed by atoms with Gasteiger partial charge in [0.2, 0.25) is 0 Å². The molecule has 92 valence electrons. The fourth-order valence-electron chi connectivity index (χ4n) is 2.59. The smallest absolute Gasteiger partial charge is 0.167 e. The second kappa shape index (κ2) is 4.53. The molecular formula is C13H16FNO2. The monoisotopic (exact) mass is 237 g/mol. The molecule has 0 amide bonds. The molecule has 0 spiro atoms. The fourth-order valence-corrected chi connectivity index (χ4v) is 2.59. The maximum Gasteiger partial charge on any atom is 0.167 e. The quantitative estimate of drug-likeness (QED) is 0.811. The van der Waals surface area contributed by atoms with Gasteiger partial charge < -0.3 is 14.8 Å². The van der Waals surface area contributed by atoms with Crippen LogP contribution >= 0.6 is 0 Å². The number of benzene rings is 1. The lowest BCUT2D eigenvalue weighted by molar-refractivity contribution is 0.167. The average molecular weight is 237 g/mol. The Bertz CT molecular complexity index is 416. The molecule has 4 heteroatoms. The summed E-state index contributed by atoms with van der Waals surface area (Å²) in [4.78, 5) is 0. The number of ether oxygens (including phenoxy) is 2. The zero-order valence-corrected chi connectivity index (χ0v) is 9.67. The van der Waals surface area contributed by atoms with E-state index in [-0.39, 0.29) is 11.7 Å². The van der Waals surface area contributed by atoms with Gasteiger partial charge in [0.05, 0.1) is 0 Å². The predicted molar refractivity (Wildman–Crippen MR) is 62.2 cm³/mol. The summed E-state index contributed by atoms with van der Waals surface area (Å²) < 4.78 is 25.1. The van der Waals surface area contributed by atoms with Crippen LogP contribution in [0.2, 0.25) is 0 Å². The van der Waals surface area contributed by atoms with Gasteiger partial charge in [0.25, 0.3) is 0 Å².